The second-order valence-corrected chi connectivity index (χ2v) is 6.05. The number of carbonyl (C=O) groups is 1. The largest absolute Gasteiger partial charge is 0.351 e. The summed E-state index contributed by atoms with van der Waals surface area (Å²) in [5.74, 6) is 1.03. The van der Waals surface area contributed by atoms with Crippen LogP contribution in [0.1, 0.15) is 58.3 Å². The molecular weight excluding hydrogens is 248 g/mol. The van der Waals surface area contributed by atoms with Crippen molar-refractivity contribution in [3.63, 3.8) is 0 Å². The highest BCUT2D eigenvalue weighted by Gasteiger charge is 2.30. The quantitative estimate of drug-likeness (QED) is 0.828. The minimum atomic E-state index is 0. The molecule has 18 heavy (non-hydrogen) atoms. The molecule has 2 aliphatic rings. The van der Waals surface area contributed by atoms with Crippen molar-refractivity contribution in [1.29, 1.82) is 0 Å². The number of hydrogen-bond acceptors (Lipinski definition) is 2. The maximum absolute atomic E-state index is 11.9. The number of amides is 1. The zero-order valence-electron chi connectivity index (χ0n) is 11.5. The number of piperidine rings is 1. The summed E-state index contributed by atoms with van der Waals surface area (Å²) >= 11 is 0. The molecule has 1 aliphatic carbocycles. The molecule has 2 fully saturated rings. The second-order valence-electron chi connectivity index (χ2n) is 6.05. The molecular formula is C14H27ClN2O. The molecule has 2 N–H and O–H groups in total. The van der Waals surface area contributed by atoms with Gasteiger partial charge in [-0.2, -0.15) is 0 Å². The van der Waals surface area contributed by atoms with Crippen molar-refractivity contribution in [2.24, 2.45) is 5.92 Å². The van der Waals surface area contributed by atoms with Crippen LogP contribution < -0.4 is 10.6 Å². The third-order valence-corrected chi connectivity index (χ3v) is 4.39. The lowest BCUT2D eigenvalue weighted by molar-refractivity contribution is -0.123. The van der Waals surface area contributed by atoms with E-state index in [0.717, 1.165) is 44.7 Å². The van der Waals surface area contributed by atoms with Gasteiger partial charge in [0, 0.05) is 12.0 Å². The van der Waals surface area contributed by atoms with Crippen LogP contribution in [0.25, 0.3) is 0 Å². The van der Waals surface area contributed by atoms with Crippen molar-refractivity contribution in [3.8, 4) is 0 Å². The van der Waals surface area contributed by atoms with Crippen LogP contribution in [0, 0.1) is 5.92 Å². The lowest BCUT2D eigenvalue weighted by Crippen LogP contribution is -2.43. The van der Waals surface area contributed by atoms with Gasteiger partial charge in [-0.1, -0.05) is 12.8 Å². The molecule has 3 nitrogen and oxygen atoms in total. The Balaban J connectivity index is 0.00000162. The molecule has 0 radical (unpaired) electrons. The van der Waals surface area contributed by atoms with E-state index < -0.39 is 0 Å². The first-order valence-corrected chi connectivity index (χ1v) is 7.20. The van der Waals surface area contributed by atoms with E-state index >= 15 is 0 Å². The smallest absolute Gasteiger partial charge is 0.220 e. The van der Waals surface area contributed by atoms with Crippen LogP contribution in [-0.2, 0) is 4.79 Å². The van der Waals surface area contributed by atoms with Gasteiger partial charge in [0.05, 0.1) is 0 Å². The highest BCUT2D eigenvalue weighted by atomic mass is 35.5. The van der Waals surface area contributed by atoms with E-state index in [2.05, 4.69) is 17.6 Å². The fourth-order valence-corrected chi connectivity index (χ4v) is 3.19. The molecule has 0 atom stereocenters. The fourth-order valence-electron chi connectivity index (χ4n) is 3.19. The standard InChI is InChI=1S/C14H26N2O.ClH/c1-14(8-2-3-9-14)16-13(17)5-4-12-6-10-15-11-7-12;/h12,15H,2-11H2,1H3,(H,16,17);1H. The number of carbonyl (C=O) groups excluding carboxylic acids is 1. The monoisotopic (exact) mass is 274 g/mol. The highest BCUT2D eigenvalue weighted by Crippen LogP contribution is 2.29. The van der Waals surface area contributed by atoms with Crippen molar-refractivity contribution in [2.75, 3.05) is 13.1 Å². The molecule has 1 saturated carbocycles. The second kappa shape index (κ2) is 7.34. The number of hydrogen-bond donors (Lipinski definition) is 2. The van der Waals surface area contributed by atoms with E-state index in [1.54, 1.807) is 0 Å². The molecule has 1 heterocycles. The molecule has 1 saturated heterocycles. The molecule has 0 aromatic rings. The summed E-state index contributed by atoms with van der Waals surface area (Å²) in [5, 5.41) is 6.61. The average molecular weight is 275 g/mol. The molecule has 1 amide bonds. The Morgan fingerprint density at radius 1 is 1.28 bits per heavy atom. The maximum Gasteiger partial charge on any atom is 0.220 e. The normalized spacial score (nSPS) is 23.4. The highest BCUT2D eigenvalue weighted by molar-refractivity contribution is 5.85. The summed E-state index contributed by atoms with van der Waals surface area (Å²) in [6, 6.07) is 0. The SMILES string of the molecule is CC1(NC(=O)CCC2CCNCC2)CCCC1.Cl. The number of nitrogens with one attached hydrogen (secondary N) is 2. The van der Waals surface area contributed by atoms with E-state index in [9.17, 15) is 4.79 Å². The van der Waals surface area contributed by atoms with E-state index in [1.807, 2.05) is 0 Å². The van der Waals surface area contributed by atoms with Gasteiger partial charge in [0.15, 0.2) is 0 Å². The predicted octanol–water partition coefficient (Wildman–Crippen LogP) is 2.64. The molecule has 0 unspecified atom stereocenters. The minimum Gasteiger partial charge on any atom is -0.351 e. The summed E-state index contributed by atoms with van der Waals surface area (Å²) in [7, 11) is 0. The Labute approximate surface area is 117 Å². The molecule has 0 spiro atoms. The van der Waals surface area contributed by atoms with Crippen LogP contribution in [0.5, 0.6) is 0 Å². The van der Waals surface area contributed by atoms with Gasteiger partial charge in [-0.05, 0) is 58.0 Å². The summed E-state index contributed by atoms with van der Waals surface area (Å²) < 4.78 is 0. The molecule has 1 aliphatic heterocycles. The third kappa shape index (κ3) is 4.77. The van der Waals surface area contributed by atoms with Gasteiger partial charge < -0.3 is 10.6 Å². The topological polar surface area (TPSA) is 41.1 Å². The van der Waals surface area contributed by atoms with Gasteiger partial charge >= 0.3 is 0 Å². The van der Waals surface area contributed by atoms with Gasteiger partial charge in [-0.3, -0.25) is 4.79 Å². The van der Waals surface area contributed by atoms with Crippen LogP contribution in [0.4, 0.5) is 0 Å². The summed E-state index contributed by atoms with van der Waals surface area (Å²) in [6.07, 6.45) is 9.13. The molecule has 2 rings (SSSR count). The maximum atomic E-state index is 11.9. The van der Waals surface area contributed by atoms with Crippen molar-refractivity contribution >= 4 is 18.3 Å². The lowest BCUT2D eigenvalue weighted by atomic mass is 9.92. The first-order chi connectivity index (χ1) is 8.18. The Kier molecular flexibility index (Phi) is 6.44. The van der Waals surface area contributed by atoms with Gasteiger partial charge in [0.2, 0.25) is 5.91 Å². The van der Waals surface area contributed by atoms with Crippen LogP contribution in [0.3, 0.4) is 0 Å². The van der Waals surface area contributed by atoms with Crippen LogP contribution in [0.2, 0.25) is 0 Å². The van der Waals surface area contributed by atoms with E-state index in [4.69, 9.17) is 0 Å². The van der Waals surface area contributed by atoms with Gasteiger partial charge in [0.1, 0.15) is 0 Å². The van der Waals surface area contributed by atoms with Gasteiger partial charge in [-0.15, -0.1) is 12.4 Å². The Morgan fingerprint density at radius 2 is 1.89 bits per heavy atom. The first kappa shape index (κ1) is 15.8. The Bertz CT molecular complexity index is 259. The Morgan fingerprint density at radius 3 is 2.50 bits per heavy atom. The van der Waals surface area contributed by atoms with Gasteiger partial charge in [0.25, 0.3) is 0 Å². The van der Waals surface area contributed by atoms with Crippen LogP contribution >= 0.6 is 12.4 Å². The molecule has 0 bridgehead atoms. The van der Waals surface area contributed by atoms with E-state index in [1.165, 1.54) is 25.7 Å². The Hall–Kier alpha value is -0.280. The van der Waals surface area contributed by atoms with E-state index in [0.29, 0.717) is 0 Å². The molecule has 106 valence electrons. The van der Waals surface area contributed by atoms with Crippen LogP contribution in [0.15, 0.2) is 0 Å². The summed E-state index contributed by atoms with van der Waals surface area (Å²) in [6.45, 7) is 4.45. The van der Waals surface area contributed by atoms with E-state index in [-0.39, 0.29) is 23.9 Å². The minimum absolute atomic E-state index is 0. The van der Waals surface area contributed by atoms with Gasteiger partial charge in [-0.25, -0.2) is 0 Å². The third-order valence-electron chi connectivity index (χ3n) is 4.39. The zero-order chi connectivity index (χ0) is 12.1. The zero-order valence-corrected chi connectivity index (χ0v) is 12.3. The molecule has 0 aromatic carbocycles. The summed E-state index contributed by atoms with van der Waals surface area (Å²) in [4.78, 5) is 11.9. The lowest BCUT2D eigenvalue weighted by Gasteiger charge is -2.26. The van der Waals surface area contributed by atoms with Crippen molar-refractivity contribution < 1.29 is 4.79 Å². The number of rotatable bonds is 4. The van der Waals surface area contributed by atoms with Crippen molar-refractivity contribution in [2.45, 2.75) is 63.8 Å². The van der Waals surface area contributed by atoms with Crippen LogP contribution in [-0.4, -0.2) is 24.5 Å². The first-order valence-electron chi connectivity index (χ1n) is 7.20. The number of halogens is 1. The average Bonchev–Trinajstić information content (AvgIpc) is 2.74. The summed E-state index contributed by atoms with van der Waals surface area (Å²) in [5.41, 5.74) is 0.102. The van der Waals surface area contributed by atoms with Crippen molar-refractivity contribution in [3.05, 3.63) is 0 Å². The molecule has 0 aromatic heterocycles. The predicted molar refractivity (Wildman–Crippen MR) is 77.1 cm³/mol. The molecule has 4 heteroatoms. The fraction of sp³-hybridized carbons (Fsp3) is 0.929. The van der Waals surface area contributed by atoms with Crippen molar-refractivity contribution in [1.82, 2.24) is 10.6 Å².